The quantitative estimate of drug-likeness (QED) is 0.914. The molecule has 0 unspecified atom stereocenters. The number of hydrogen-bond acceptors (Lipinski definition) is 4. The zero-order chi connectivity index (χ0) is 15.3. The maximum absolute atomic E-state index is 6.24. The van der Waals surface area contributed by atoms with E-state index >= 15 is 0 Å². The largest absolute Gasteiger partial charge is 0.497 e. The number of nitrogens with one attached hydrogen (secondary N) is 1. The molecule has 2 aliphatic rings. The van der Waals surface area contributed by atoms with Crippen molar-refractivity contribution >= 4 is 16.7 Å². The van der Waals surface area contributed by atoms with Crippen LogP contribution in [0.15, 0.2) is 24.3 Å². The third-order valence-corrected chi connectivity index (χ3v) is 5.42. The summed E-state index contributed by atoms with van der Waals surface area (Å²) in [6.45, 7) is 2.13. The van der Waals surface area contributed by atoms with Gasteiger partial charge in [-0.1, -0.05) is 0 Å². The molecule has 4 atom stereocenters. The second kappa shape index (κ2) is 5.13. The van der Waals surface area contributed by atoms with Crippen molar-refractivity contribution < 1.29 is 4.74 Å². The van der Waals surface area contributed by atoms with Gasteiger partial charge in [0.05, 0.1) is 12.6 Å². The van der Waals surface area contributed by atoms with Gasteiger partial charge >= 0.3 is 0 Å². The lowest BCUT2D eigenvalue weighted by molar-refractivity contribution is 0.385. The number of nitrogens with two attached hydrogens (primary N) is 1. The first kappa shape index (κ1) is 13.8. The third kappa shape index (κ3) is 2.22. The number of hydrogen-bond donors (Lipinski definition) is 2. The molecule has 22 heavy (non-hydrogen) atoms. The molecule has 116 valence electrons. The van der Waals surface area contributed by atoms with Crippen LogP contribution in [0.2, 0.25) is 0 Å². The number of pyridine rings is 1. The number of methoxy groups -OCH3 is 1. The summed E-state index contributed by atoms with van der Waals surface area (Å²) in [6.07, 6.45) is 3.72. The van der Waals surface area contributed by atoms with Crippen LogP contribution >= 0.6 is 0 Å². The van der Waals surface area contributed by atoms with Gasteiger partial charge in [-0.3, -0.25) is 0 Å². The molecule has 4 rings (SSSR count). The first-order valence-electron chi connectivity index (χ1n) is 8.11. The van der Waals surface area contributed by atoms with E-state index in [9.17, 15) is 0 Å². The van der Waals surface area contributed by atoms with Gasteiger partial charge < -0.3 is 15.8 Å². The fourth-order valence-electron chi connectivity index (χ4n) is 4.33. The topological polar surface area (TPSA) is 60.2 Å². The molecule has 1 heterocycles. The van der Waals surface area contributed by atoms with Gasteiger partial charge in [0.25, 0.3) is 0 Å². The Hall–Kier alpha value is -1.81. The average molecular weight is 297 g/mol. The first-order valence-corrected chi connectivity index (χ1v) is 8.11. The van der Waals surface area contributed by atoms with Gasteiger partial charge in [0, 0.05) is 17.5 Å². The van der Waals surface area contributed by atoms with Gasteiger partial charge in [-0.2, -0.15) is 0 Å². The minimum atomic E-state index is 0.363. The summed E-state index contributed by atoms with van der Waals surface area (Å²) in [6, 6.07) is 9.03. The minimum absolute atomic E-state index is 0.363. The van der Waals surface area contributed by atoms with Crippen molar-refractivity contribution in [3.63, 3.8) is 0 Å². The van der Waals surface area contributed by atoms with Gasteiger partial charge in [0.15, 0.2) is 0 Å². The number of anilines is 1. The van der Waals surface area contributed by atoms with Crippen LogP contribution in [0.5, 0.6) is 5.75 Å². The normalized spacial score (nSPS) is 30.0. The Labute approximate surface area is 131 Å². The highest BCUT2D eigenvalue weighted by Crippen LogP contribution is 2.45. The highest BCUT2D eigenvalue weighted by Gasteiger charge is 2.44. The Balaban J connectivity index is 1.63. The Morgan fingerprint density at radius 1 is 1.23 bits per heavy atom. The molecule has 0 saturated heterocycles. The summed E-state index contributed by atoms with van der Waals surface area (Å²) in [5.41, 5.74) is 8.47. The van der Waals surface area contributed by atoms with E-state index in [2.05, 4.69) is 24.4 Å². The number of ether oxygens (including phenoxy) is 1. The molecular weight excluding hydrogens is 274 g/mol. The van der Waals surface area contributed by atoms with Crippen molar-refractivity contribution in [2.75, 3.05) is 12.4 Å². The van der Waals surface area contributed by atoms with Crippen molar-refractivity contribution in [3.8, 4) is 5.75 Å². The molecule has 4 nitrogen and oxygen atoms in total. The average Bonchev–Trinajstić information content (AvgIpc) is 3.05. The molecule has 1 aromatic carbocycles. The summed E-state index contributed by atoms with van der Waals surface area (Å²) in [5.74, 6) is 3.26. The summed E-state index contributed by atoms with van der Waals surface area (Å²) in [4.78, 5) is 4.78. The van der Waals surface area contributed by atoms with Crippen molar-refractivity contribution in [2.45, 2.75) is 38.3 Å². The van der Waals surface area contributed by atoms with Gasteiger partial charge in [0.2, 0.25) is 0 Å². The highest BCUT2D eigenvalue weighted by molar-refractivity contribution is 5.85. The van der Waals surface area contributed by atoms with Crippen LogP contribution in [0.3, 0.4) is 0 Å². The first-order chi connectivity index (χ1) is 10.6. The molecule has 1 aromatic heterocycles. The predicted molar refractivity (Wildman–Crippen MR) is 89.2 cm³/mol. The van der Waals surface area contributed by atoms with Crippen LogP contribution in [0.25, 0.3) is 10.9 Å². The van der Waals surface area contributed by atoms with E-state index in [0.29, 0.717) is 18.0 Å². The van der Waals surface area contributed by atoms with Crippen molar-refractivity contribution in [3.05, 3.63) is 29.8 Å². The smallest absolute Gasteiger partial charge is 0.127 e. The van der Waals surface area contributed by atoms with Crippen LogP contribution in [0.4, 0.5) is 5.82 Å². The standard InChI is InChI=1S/C18H23N3O/c1-10-5-18(20-16-4-3-12(22-2)9-13(10)16)21-17-8-11-6-14(17)15(19)7-11/h3-5,9,11,14-15,17H,6-8,19H2,1-2H3,(H,20,21)/t11-,14+,15-,17-/m0/s1. The Bertz CT molecular complexity index is 715. The van der Waals surface area contributed by atoms with Crippen molar-refractivity contribution in [2.24, 2.45) is 17.6 Å². The summed E-state index contributed by atoms with van der Waals surface area (Å²) >= 11 is 0. The number of nitrogens with zero attached hydrogens (tertiary/aromatic N) is 1. The molecule has 0 spiro atoms. The van der Waals surface area contributed by atoms with E-state index in [0.717, 1.165) is 28.4 Å². The van der Waals surface area contributed by atoms with Crippen LogP contribution in [-0.2, 0) is 0 Å². The molecule has 0 amide bonds. The third-order valence-electron chi connectivity index (χ3n) is 5.42. The lowest BCUT2D eigenvalue weighted by atomic mass is 9.91. The van der Waals surface area contributed by atoms with Crippen LogP contribution in [0.1, 0.15) is 24.8 Å². The minimum Gasteiger partial charge on any atom is -0.497 e. The Morgan fingerprint density at radius 2 is 2.09 bits per heavy atom. The predicted octanol–water partition coefficient (Wildman–Crippen LogP) is 3.09. The van der Waals surface area contributed by atoms with Crippen LogP contribution in [-0.4, -0.2) is 24.2 Å². The zero-order valence-electron chi connectivity index (χ0n) is 13.2. The zero-order valence-corrected chi connectivity index (χ0v) is 13.2. The molecule has 2 aromatic rings. The summed E-state index contributed by atoms with van der Waals surface area (Å²) in [7, 11) is 1.69. The van der Waals surface area contributed by atoms with Gasteiger partial charge in [-0.15, -0.1) is 0 Å². The molecule has 0 radical (unpaired) electrons. The number of rotatable bonds is 3. The molecule has 4 heteroatoms. The van der Waals surface area contributed by atoms with E-state index in [1.165, 1.54) is 24.8 Å². The molecule has 2 fully saturated rings. The monoisotopic (exact) mass is 297 g/mol. The molecule has 2 bridgehead atoms. The fraction of sp³-hybridized carbons (Fsp3) is 0.500. The number of aryl methyl sites for hydroxylation is 1. The number of aromatic nitrogens is 1. The van der Waals surface area contributed by atoms with Crippen molar-refractivity contribution in [1.82, 2.24) is 4.98 Å². The second-order valence-electron chi connectivity index (χ2n) is 6.86. The second-order valence-corrected chi connectivity index (χ2v) is 6.86. The van der Waals surface area contributed by atoms with Crippen molar-refractivity contribution in [1.29, 1.82) is 0 Å². The molecular formula is C18H23N3O. The number of benzene rings is 1. The Kier molecular flexibility index (Phi) is 3.22. The molecule has 2 aliphatic carbocycles. The van der Waals surface area contributed by atoms with Gasteiger partial charge in [-0.05, 0) is 67.9 Å². The van der Waals surface area contributed by atoms with E-state index in [1.807, 2.05) is 12.1 Å². The summed E-state index contributed by atoms with van der Waals surface area (Å²) < 4.78 is 5.30. The van der Waals surface area contributed by atoms with Crippen LogP contribution in [0, 0.1) is 18.8 Å². The Morgan fingerprint density at radius 3 is 2.82 bits per heavy atom. The SMILES string of the molecule is COc1ccc2nc(N[C@H]3C[C@H]4C[C@@H]3[C@@H](N)C4)cc(C)c2c1. The maximum atomic E-state index is 6.24. The maximum Gasteiger partial charge on any atom is 0.127 e. The van der Waals surface area contributed by atoms with E-state index in [1.54, 1.807) is 7.11 Å². The highest BCUT2D eigenvalue weighted by atomic mass is 16.5. The van der Waals surface area contributed by atoms with E-state index in [-0.39, 0.29) is 0 Å². The van der Waals surface area contributed by atoms with E-state index in [4.69, 9.17) is 15.5 Å². The lowest BCUT2D eigenvalue weighted by Crippen LogP contribution is -2.39. The molecule has 0 aliphatic heterocycles. The lowest BCUT2D eigenvalue weighted by Gasteiger charge is -2.28. The summed E-state index contributed by atoms with van der Waals surface area (Å²) in [5, 5.41) is 4.79. The number of fused-ring (bicyclic) bond motifs is 3. The van der Waals surface area contributed by atoms with E-state index < -0.39 is 0 Å². The fourth-order valence-corrected chi connectivity index (χ4v) is 4.33. The molecule has 2 saturated carbocycles. The van der Waals surface area contributed by atoms with Gasteiger partial charge in [0.1, 0.15) is 11.6 Å². The van der Waals surface area contributed by atoms with Gasteiger partial charge in [-0.25, -0.2) is 4.98 Å². The van der Waals surface area contributed by atoms with Crippen LogP contribution < -0.4 is 15.8 Å². The molecule has 3 N–H and O–H groups in total.